The maximum Gasteiger partial charge on any atom is 0.350 e. The molecule has 2 heterocycles. The Morgan fingerprint density at radius 2 is 1.48 bits per heavy atom. The molecule has 5 rings (SSSR count). The van der Waals surface area contributed by atoms with E-state index in [9.17, 15) is 14.4 Å². The number of halogens is 2. The zero-order valence-electron chi connectivity index (χ0n) is 25.9. The highest BCUT2D eigenvalue weighted by molar-refractivity contribution is 8.00. The molecule has 1 fully saturated rings. The molecule has 3 atom stereocenters. The van der Waals surface area contributed by atoms with Crippen LogP contribution in [0.5, 0.6) is 0 Å². The predicted molar refractivity (Wildman–Crippen MR) is 177 cm³/mol. The van der Waals surface area contributed by atoms with Gasteiger partial charge in [-0.05, 0) is 33.6 Å². The highest BCUT2D eigenvalue weighted by Gasteiger charge is 2.62. The fourth-order valence-corrected chi connectivity index (χ4v) is 12.0. The quantitative estimate of drug-likeness (QED) is 0.193. The summed E-state index contributed by atoms with van der Waals surface area (Å²) in [5, 5.41) is 1.06. The Kier molecular flexibility index (Phi) is 9.61. The molecule has 1 aliphatic rings. The Bertz CT molecular complexity index is 1700. The van der Waals surface area contributed by atoms with Crippen LogP contribution in [0.4, 0.5) is 14.6 Å². The summed E-state index contributed by atoms with van der Waals surface area (Å²) in [6.45, 7) is 7.28. The minimum absolute atomic E-state index is 0.0568. The molecule has 1 amide bonds. The van der Waals surface area contributed by atoms with Gasteiger partial charge in [0.1, 0.15) is 5.82 Å². The van der Waals surface area contributed by atoms with Crippen LogP contribution in [0.1, 0.15) is 43.4 Å². The maximum atomic E-state index is 16.5. The number of nitrogens with zero attached hydrogens (tertiary/aromatic N) is 2. The molecule has 0 aliphatic carbocycles. The molecular weight excluding hydrogens is 629 g/mol. The van der Waals surface area contributed by atoms with Crippen LogP contribution in [0.25, 0.3) is 0 Å². The molecule has 1 saturated heterocycles. The van der Waals surface area contributed by atoms with Gasteiger partial charge in [-0.15, -0.1) is 11.8 Å². The Morgan fingerprint density at radius 1 is 0.935 bits per heavy atom. The third-order valence-corrected chi connectivity index (χ3v) is 14.4. The molecule has 0 unspecified atom stereocenters. The number of thioether (sulfide) groups is 1. The summed E-state index contributed by atoms with van der Waals surface area (Å²) in [4.78, 5) is 41.4. The van der Waals surface area contributed by atoms with Gasteiger partial charge in [0.25, 0.3) is 8.32 Å². The number of carbonyl (C=O) groups excluding carboxylic acids is 2. The summed E-state index contributed by atoms with van der Waals surface area (Å²) in [7, 11) is -3.15. The van der Waals surface area contributed by atoms with Crippen molar-refractivity contribution in [3.8, 4) is 0 Å². The van der Waals surface area contributed by atoms with Crippen molar-refractivity contribution in [1.82, 2.24) is 9.55 Å². The first-order valence-electron chi connectivity index (χ1n) is 14.8. The first kappa shape index (κ1) is 33.2. The molecule has 1 N–H and O–H groups in total. The van der Waals surface area contributed by atoms with E-state index in [1.54, 1.807) is 18.2 Å². The second-order valence-electron chi connectivity index (χ2n) is 12.1. The van der Waals surface area contributed by atoms with Crippen molar-refractivity contribution in [2.45, 2.75) is 55.4 Å². The number of hydrogen-bond acceptors (Lipinski definition) is 7. The number of benzene rings is 3. The second kappa shape index (κ2) is 13.3. The van der Waals surface area contributed by atoms with Gasteiger partial charge in [0, 0.05) is 13.1 Å². The van der Waals surface area contributed by atoms with Crippen LogP contribution in [0.3, 0.4) is 0 Å². The molecule has 1 aliphatic heterocycles. The summed E-state index contributed by atoms with van der Waals surface area (Å²) in [5.74, 6) is -5.12. The lowest BCUT2D eigenvalue weighted by Gasteiger charge is -2.43. The number of esters is 1. The standard InChI is InChI=1S/C34H35F2N3O5SSi/c1-23(40)37-28-20-21-39(32(42)38-28)31-34(35,36)29(44-30(41)24-14-8-5-9-15-24)27(45-31)22-43-46(33(2,3)4,25-16-10-6-11-17-25)26-18-12-7-13-19-26/h5-21,27,29,31H,22H2,1-4H3,(H,37,38,40,42)/t27-,29-,31+/m1/s1. The number of carbonyl (C=O) groups is 2. The summed E-state index contributed by atoms with van der Waals surface area (Å²) >= 11 is 0.797. The molecular formula is C34H35F2N3O5SSi. The van der Waals surface area contributed by atoms with E-state index < -0.39 is 53.6 Å². The highest BCUT2D eigenvalue weighted by Crippen LogP contribution is 2.53. The smallest absolute Gasteiger partial charge is 0.350 e. The monoisotopic (exact) mass is 663 g/mol. The largest absolute Gasteiger partial charge is 0.451 e. The first-order valence-corrected chi connectivity index (χ1v) is 17.6. The molecule has 4 aromatic rings. The van der Waals surface area contributed by atoms with Crippen LogP contribution < -0.4 is 21.4 Å². The average molecular weight is 664 g/mol. The number of alkyl halides is 2. The van der Waals surface area contributed by atoms with Gasteiger partial charge in [0.2, 0.25) is 5.91 Å². The molecule has 3 aromatic carbocycles. The lowest BCUT2D eigenvalue weighted by molar-refractivity contribution is -0.119. The van der Waals surface area contributed by atoms with Crippen LogP contribution >= 0.6 is 11.8 Å². The predicted octanol–water partition coefficient (Wildman–Crippen LogP) is 5.25. The van der Waals surface area contributed by atoms with Crippen molar-refractivity contribution in [3.05, 3.63) is 119 Å². The molecule has 46 heavy (non-hydrogen) atoms. The van der Waals surface area contributed by atoms with Gasteiger partial charge in [-0.1, -0.05) is 99.6 Å². The SMILES string of the molecule is CC(=O)Nc1ccn([C@H]2S[C@H](CO[Si](c3ccccc3)(c3ccccc3)C(C)(C)C)[C@@H](OC(=O)c3ccccc3)C2(F)F)c(=O)n1. The van der Waals surface area contributed by atoms with Crippen molar-refractivity contribution in [3.63, 3.8) is 0 Å². The fourth-order valence-electron chi connectivity index (χ4n) is 5.82. The number of ether oxygens (including phenoxy) is 1. The minimum Gasteiger partial charge on any atom is -0.451 e. The van der Waals surface area contributed by atoms with E-state index in [0.717, 1.165) is 32.9 Å². The number of aromatic nitrogens is 2. The van der Waals surface area contributed by atoms with Crippen molar-refractivity contribution in [2.75, 3.05) is 11.9 Å². The topological polar surface area (TPSA) is 99.5 Å². The number of rotatable bonds is 9. The summed E-state index contributed by atoms with van der Waals surface area (Å²) in [6.07, 6.45) is -0.775. The average Bonchev–Trinajstić information content (AvgIpc) is 3.26. The van der Waals surface area contributed by atoms with Crippen LogP contribution in [0, 0.1) is 0 Å². The number of hydrogen-bond donors (Lipinski definition) is 1. The molecule has 0 saturated carbocycles. The van der Waals surface area contributed by atoms with Gasteiger partial charge in [0.15, 0.2) is 11.5 Å². The highest BCUT2D eigenvalue weighted by atomic mass is 32.2. The summed E-state index contributed by atoms with van der Waals surface area (Å²) in [5.41, 5.74) is -0.859. The second-order valence-corrected chi connectivity index (χ2v) is 17.7. The van der Waals surface area contributed by atoms with Crippen LogP contribution in [0.2, 0.25) is 5.04 Å². The lowest BCUT2D eigenvalue weighted by atomic mass is 10.1. The van der Waals surface area contributed by atoms with E-state index >= 15 is 8.78 Å². The van der Waals surface area contributed by atoms with Crippen molar-refractivity contribution in [1.29, 1.82) is 0 Å². The van der Waals surface area contributed by atoms with Gasteiger partial charge in [0.05, 0.1) is 17.4 Å². The summed E-state index contributed by atoms with van der Waals surface area (Å²) < 4.78 is 46.3. The molecule has 8 nitrogen and oxygen atoms in total. The van der Waals surface area contributed by atoms with E-state index in [1.165, 1.54) is 25.1 Å². The first-order chi connectivity index (χ1) is 21.8. The third kappa shape index (κ3) is 6.55. The van der Waals surface area contributed by atoms with Crippen LogP contribution in [-0.4, -0.2) is 53.6 Å². The van der Waals surface area contributed by atoms with Gasteiger partial charge in [-0.25, -0.2) is 9.59 Å². The van der Waals surface area contributed by atoms with Gasteiger partial charge in [-0.2, -0.15) is 13.8 Å². The Labute approximate surface area is 271 Å². The minimum atomic E-state index is -3.70. The van der Waals surface area contributed by atoms with Crippen LogP contribution in [0.15, 0.2) is 108 Å². The molecule has 12 heteroatoms. The van der Waals surface area contributed by atoms with Crippen molar-refractivity contribution >= 4 is 48.1 Å². The zero-order chi connectivity index (χ0) is 33.1. The Balaban J connectivity index is 1.56. The normalized spacial score (nSPS) is 19.4. The molecule has 240 valence electrons. The fraction of sp³-hybridized carbons (Fsp3) is 0.294. The molecule has 0 bridgehead atoms. The van der Waals surface area contributed by atoms with E-state index in [2.05, 4.69) is 31.1 Å². The lowest BCUT2D eigenvalue weighted by Crippen LogP contribution is -2.67. The zero-order valence-corrected chi connectivity index (χ0v) is 27.7. The number of amides is 1. The van der Waals surface area contributed by atoms with E-state index in [0.29, 0.717) is 0 Å². The Morgan fingerprint density at radius 3 is 1.98 bits per heavy atom. The van der Waals surface area contributed by atoms with Crippen molar-refractivity contribution in [2.24, 2.45) is 0 Å². The van der Waals surface area contributed by atoms with Gasteiger partial charge in [-0.3, -0.25) is 9.36 Å². The molecule has 0 radical (unpaired) electrons. The van der Waals surface area contributed by atoms with Crippen LogP contribution in [-0.2, 0) is 14.0 Å². The molecule has 1 aromatic heterocycles. The third-order valence-electron chi connectivity index (χ3n) is 7.86. The van der Waals surface area contributed by atoms with E-state index in [-0.39, 0.29) is 18.0 Å². The van der Waals surface area contributed by atoms with E-state index in [1.807, 2.05) is 60.7 Å². The number of anilines is 1. The Hall–Kier alpha value is -4.13. The van der Waals surface area contributed by atoms with E-state index in [4.69, 9.17) is 9.16 Å². The van der Waals surface area contributed by atoms with Crippen molar-refractivity contribution < 1.29 is 27.5 Å². The molecule has 0 spiro atoms. The summed E-state index contributed by atoms with van der Waals surface area (Å²) in [6, 6.07) is 28.7. The van der Waals surface area contributed by atoms with Gasteiger partial charge >= 0.3 is 17.6 Å². The van der Waals surface area contributed by atoms with Gasteiger partial charge < -0.3 is 14.5 Å². The number of nitrogens with one attached hydrogen (secondary N) is 1. The maximum absolute atomic E-state index is 16.5.